The van der Waals surface area contributed by atoms with E-state index in [1.54, 1.807) is 6.20 Å². The number of azo groups is 1. The van der Waals surface area contributed by atoms with Crippen LogP contribution in [-0.4, -0.2) is 16.5 Å². The molecule has 0 spiro atoms. The van der Waals surface area contributed by atoms with E-state index in [1.165, 1.54) is 0 Å². The van der Waals surface area contributed by atoms with Crippen molar-refractivity contribution in [3.05, 3.63) is 30.5 Å². The second kappa shape index (κ2) is 4.23. The Morgan fingerprint density at radius 1 is 1.27 bits per heavy atom. The quantitative estimate of drug-likeness (QED) is 0.262. The highest BCUT2D eigenvalue weighted by Crippen LogP contribution is 2.21. The van der Waals surface area contributed by atoms with Crippen molar-refractivity contribution in [3.63, 3.8) is 0 Å². The zero-order valence-electron chi connectivity index (χ0n) is 7.78. The van der Waals surface area contributed by atoms with Gasteiger partial charge in [-0.25, -0.2) is 0 Å². The van der Waals surface area contributed by atoms with Crippen molar-refractivity contribution in [2.45, 2.75) is 0 Å². The van der Waals surface area contributed by atoms with Crippen molar-refractivity contribution in [2.75, 3.05) is 0 Å². The summed E-state index contributed by atoms with van der Waals surface area (Å²) in [5.74, 6) is 5.34. The van der Waals surface area contributed by atoms with Crippen LogP contribution in [0.2, 0.25) is 0 Å². The Kier molecular flexibility index (Phi) is 2.59. The van der Waals surface area contributed by atoms with Crippen molar-refractivity contribution < 1.29 is 0 Å². The highest BCUT2D eigenvalue weighted by molar-refractivity contribution is 5.89. The molecule has 0 aliphatic carbocycles. The minimum absolute atomic E-state index is 0.452. The Bertz CT molecular complexity index is 513. The van der Waals surface area contributed by atoms with Gasteiger partial charge in [0.05, 0.1) is 6.20 Å². The van der Waals surface area contributed by atoms with Crippen molar-refractivity contribution in [1.82, 2.24) is 10.2 Å². The molecule has 2 aromatic rings. The lowest BCUT2D eigenvalue weighted by atomic mass is 10.2. The Hall–Kier alpha value is -2.37. The third-order valence-corrected chi connectivity index (χ3v) is 1.82. The Labute approximate surface area is 85.5 Å². The van der Waals surface area contributed by atoms with Gasteiger partial charge in [0.25, 0.3) is 0 Å². The van der Waals surface area contributed by atoms with E-state index in [2.05, 4.69) is 25.5 Å². The number of fused-ring (bicyclic) bond motifs is 1. The van der Waals surface area contributed by atoms with Crippen LogP contribution in [0.3, 0.4) is 0 Å². The fourth-order valence-corrected chi connectivity index (χ4v) is 1.20. The van der Waals surface area contributed by atoms with Crippen LogP contribution in [0.1, 0.15) is 0 Å². The number of benzene rings is 1. The van der Waals surface area contributed by atoms with Gasteiger partial charge in [-0.15, -0.1) is 15.3 Å². The standard InChI is InChI=1S/C9H8N6/c10-11-6-13-15-9-8-4-2-1-3-7(8)5-12-14-9/h1-6H,10H2/b11-6+,15-13?. The molecule has 6 heteroatoms. The summed E-state index contributed by atoms with van der Waals surface area (Å²) in [6.07, 6.45) is 2.81. The fraction of sp³-hybridized carbons (Fsp3) is 0. The molecule has 1 aromatic heterocycles. The molecule has 0 radical (unpaired) electrons. The van der Waals surface area contributed by atoms with Gasteiger partial charge >= 0.3 is 0 Å². The Morgan fingerprint density at radius 3 is 3.00 bits per heavy atom. The Balaban J connectivity index is 2.51. The number of rotatable bonds is 2. The first-order chi connectivity index (χ1) is 7.42. The molecule has 1 heterocycles. The van der Waals surface area contributed by atoms with Gasteiger partial charge in [0, 0.05) is 10.8 Å². The zero-order chi connectivity index (χ0) is 10.5. The van der Waals surface area contributed by atoms with E-state index < -0.39 is 0 Å². The van der Waals surface area contributed by atoms with Crippen LogP contribution >= 0.6 is 0 Å². The molecule has 0 amide bonds. The zero-order valence-corrected chi connectivity index (χ0v) is 7.78. The maximum absolute atomic E-state index is 4.88. The van der Waals surface area contributed by atoms with Crippen molar-refractivity contribution >= 4 is 22.9 Å². The van der Waals surface area contributed by atoms with Crippen LogP contribution < -0.4 is 5.84 Å². The summed E-state index contributed by atoms with van der Waals surface area (Å²) in [6.45, 7) is 0. The van der Waals surface area contributed by atoms with Crippen LogP contribution in [0.5, 0.6) is 0 Å². The SMILES string of the molecule is N/N=C/N=Nc1nncc2ccccc12. The molecule has 1 aromatic carbocycles. The van der Waals surface area contributed by atoms with Crippen molar-refractivity contribution in [3.8, 4) is 0 Å². The summed E-state index contributed by atoms with van der Waals surface area (Å²) < 4.78 is 0. The largest absolute Gasteiger partial charge is 0.322 e. The molecule has 0 bridgehead atoms. The predicted octanol–water partition coefficient (Wildman–Crippen LogP) is 1.62. The molecule has 2 N–H and O–H groups in total. The topological polar surface area (TPSA) is 88.9 Å². The maximum Gasteiger partial charge on any atom is 0.204 e. The van der Waals surface area contributed by atoms with E-state index in [0.29, 0.717) is 5.82 Å². The molecule has 6 nitrogen and oxygen atoms in total. The van der Waals surface area contributed by atoms with Gasteiger partial charge in [0.15, 0.2) is 6.34 Å². The highest BCUT2D eigenvalue weighted by atomic mass is 15.2. The average molecular weight is 200 g/mol. The van der Waals surface area contributed by atoms with Crippen LogP contribution in [0, 0.1) is 0 Å². The minimum Gasteiger partial charge on any atom is -0.322 e. The summed E-state index contributed by atoms with van der Waals surface area (Å²) in [7, 11) is 0. The summed E-state index contributed by atoms with van der Waals surface area (Å²) in [6, 6.07) is 7.66. The molecular weight excluding hydrogens is 192 g/mol. The highest BCUT2D eigenvalue weighted by Gasteiger charge is 1.99. The third kappa shape index (κ3) is 1.93. The number of aromatic nitrogens is 2. The molecule has 0 aliphatic heterocycles. The first kappa shape index (κ1) is 9.20. The van der Waals surface area contributed by atoms with Gasteiger partial charge in [0.1, 0.15) is 0 Å². The maximum atomic E-state index is 4.88. The number of nitrogens with zero attached hydrogens (tertiary/aromatic N) is 5. The summed E-state index contributed by atoms with van der Waals surface area (Å²) in [4.78, 5) is 0. The number of hydrazone groups is 1. The predicted molar refractivity (Wildman–Crippen MR) is 56.7 cm³/mol. The van der Waals surface area contributed by atoms with Crippen LogP contribution in [-0.2, 0) is 0 Å². The van der Waals surface area contributed by atoms with Crippen LogP contribution in [0.15, 0.2) is 45.8 Å². The van der Waals surface area contributed by atoms with E-state index in [1.807, 2.05) is 24.3 Å². The monoisotopic (exact) mass is 200 g/mol. The van der Waals surface area contributed by atoms with Gasteiger partial charge in [0.2, 0.25) is 5.82 Å². The van der Waals surface area contributed by atoms with Gasteiger partial charge < -0.3 is 5.84 Å². The second-order valence-corrected chi connectivity index (χ2v) is 2.74. The van der Waals surface area contributed by atoms with Gasteiger partial charge in [-0.3, -0.25) is 0 Å². The van der Waals surface area contributed by atoms with E-state index in [4.69, 9.17) is 5.84 Å². The van der Waals surface area contributed by atoms with Crippen molar-refractivity contribution in [1.29, 1.82) is 0 Å². The molecule has 2 rings (SSSR count). The molecule has 15 heavy (non-hydrogen) atoms. The lowest BCUT2D eigenvalue weighted by Gasteiger charge is -1.96. The second-order valence-electron chi connectivity index (χ2n) is 2.74. The summed E-state index contributed by atoms with van der Waals surface area (Å²) in [5.41, 5.74) is 0. The van der Waals surface area contributed by atoms with E-state index in [0.717, 1.165) is 17.1 Å². The number of nitrogens with two attached hydrogens (primary N) is 1. The van der Waals surface area contributed by atoms with Crippen LogP contribution in [0.25, 0.3) is 10.8 Å². The minimum atomic E-state index is 0.452. The molecule has 0 saturated carbocycles. The molecule has 0 saturated heterocycles. The number of hydrogen-bond acceptors (Lipinski definition) is 5. The molecule has 0 atom stereocenters. The molecule has 74 valence electrons. The first-order valence-corrected chi connectivity index (χ1v) is 4.25. The van der Waals surface area contributed by atoms with E-state index in [9.17, 15) is 0 Å². The fourth-order valence-electron chi connectivity index (χ4n) is 1.20. The summed E-state index contributed by atoms with van der Waals surface area (Å²) in [5, 5.41) is 20.2. The van der Waals surface area contributed by atoms with E-state index >= 15 is 0 Å². The first-order valence-electron chi connectivity index (χ1n) is 4.25. The smallest absolute Gasteiger partial charge is 0.204 e. The van der Waals surface area contributed by atoms with Crippen LogP contribution in [0.4, 0.5) is 5.82 Å². The van der Waals surface area contributed by atoms with Crippen molar-refractivity contribution in [2.24, 2.45) is 21.2 Å². The lowest BCUT2D eigenvalue weighted by molar-refractivity contribution is 1.02. The lowest BCUT2D eigenvalue weighted by Crippen LogP contribution is -1.83. The Morgan fingerprint density at radius 2 is 2.13 bits per heavy atom. The molecular formula is C9H8N6. The normalized spacial score (nSPS) is 11.7. The molecule has 0 unspecified atom stereocenters. The van der Waals surface area contributed by atoms with Gasteiger partial charge in [-0.05, 0) is 0 Å². The number of hydrogen-bond donors (Lipinski definition) is 1. The van der Waals surface area contributed by atoms with Gasteiger partial charge in [-0.1, -0.05) is 24.3 Å². The molecule has 0 aliphatic rings. The third-order valence-electron chi connectivity index (χ3n) is 1.82. The molecule has 0 fully saturated rings. The van der Waals surface area contributed by atoms with Gasteiger partial charge in [-0.2, -0.15) is 10.2 Å². The summed E-state index contributed by atoms with van der Waals surface area (Å²) >= 11 is 0. The van der Waals surface area contributed by atoms with E-state index in [-0.39, 0.29) is 0 Å². The average Bonchev–Trinajstić information content (AvgIpc) is 2.30.